The summed E-state index contributed by atoms with van der Waals surface area (Å²) in [6, 6.07) is 3.91. The van der Waals surface area contributed by atoms with Gasteiger partial charge in [0.05, 0.1) is 0 Å². The number of hydrogen-bond donors (Lipinski definition) is 1. The number of pyridine rings is 1. The van der Waals surface area contributed by atoms with Crippen molar-refractivity contribution in [3.05, 3.63) is 35.8 Å². The predicted octanol–water partition coefficient (Wildman–Crippen LogP) is 2.85. The molecule has 2 aromatic rings. The second-order valence-corrected chi connectivity index (χ2v) is 4.87. The molecule has 1 aliphatic rings. The van der Waals surface area contributed by atoms with Crippen molar-refractivity contribution in [1.29, 1.82) is 0 Å². The summed E-state index contributed by atoms with van der Waals surface area (Å²) < 4.78 is 0. The number of nitrogens with one attached hydrogen (secondary N) is 1. The van der Waals surface area contributed by atoms with Gasteiger partial charge in [-0.2, -0.15) is 0 Å². The molecule has 0 aromatic carbocycles. The highest BCUT2D eigenvalue weighted by Gasteiger charge is 2.16. The maximum atomic E-state index is 4.77. The number of fused-ring (bicyclic) bond motifs is 1. The lowest BCUT2D eigenvalue weighted by atomic mass is 10.1. The molecule has 0 aliphatic heterocycles. The first kappa shape index (κ1) is 12.1. The SMILES string of the molecule is CNc1nc(-c2ccncc2)nc2c1CCCCC2. The Balaban J connectivity index is 2.10. The Morgan fingerprint density at radius 2 is 1.79 bits per heavy atom. The van der Waals surface area contributed by atoms with Crippen LogP contribution in [-0.2, 0) is 12.8 Å². The van der Waals surface area contributed by atoms with Crippen LogP contribution < -0.4 is 5.32 Å². The first-order chi connectivity index (χ1) is 9.38. The molecule has 1 N–H and O–H groups in total. The Kier molecular flexibility index (Phi) is 3.40. The van der Waals surface area contributed by atoms with Crippen LogP contribution in [0.2, 0.25) is 0 Å². The molecule has 1 aliphatic carbocycles. The number of aryl methyl sites for hydroxylation is 1. The highest BCUT2D eigenvalue weighted by atomic mass is 15.0. The highest BCUT2D eigenvalue weighted by molar-refractivity contribution is 5.59. The Hall–Kier alpha value is -1.97. The van der Waals surface area contributed by atoms with E-state index in [0.29, 0.717) is 0 Å². The van der Waals surface area contributed by atoms with Gasteiger partial charge in [0.1, 0.15) is 5.82 Å². The zero-order valence-corrected chi connectivity index (χ0v) is 11.2. The van der Waals surface area contributed by atoms with Crippen molar-refractivity contribution in [3.8, 4) is 11.4 Å². The monoisotopic (exact) mass is 254 g/mol. The van der Waals surface area contributed by atoms with Crippen LogP contribution in [0.3, 0.4) is 0 Å². The Bertz CT molecular complexity index is 566. The first-order valence-corrected chi connectivity index (χ1v) is 6.86. The van der Waals surface area contributed by atoms with E-state index in [2.05, 4.69) is 15.3 Å². The third-order valence-corrected chi connectivity index (χ3v) is 3.61. The number of rotatable bonds is 2. The van der Waals surface area contributed by atoms with Crippen LogP contribution in [0, 0.1) is 0 Å². The van der Waals surface area contributed by atoms with Gasteiger partial charge in [-0.05, 0) is 37.8 Å². The smallest absolute Gasteiger partial charge is 0.161 e. The first-order valence-electron chi connectivity index (χ1n) is 6.86. The van der Waals surface area contributed by atoms with Gasteiger partial charge in [0.2, 0.25) is 0 Å². The fraction of sp³-hybridized carbons (Fsp3) is 0.400. The van der Waals surface area contributed by atoms with E-state index in [1.807, 2.05) is 19.2 Å². The maximum Gasteiger partial charge on any atom is 0.161 e. The standard InChI is InChI=1S/C15H18N4/c1-16-15-12-5-3-2-4-6-13(12)18-14(19-15)11-7-9-17-10-8-11/h7-10H,2-6H2,1H3,(H,16,18,19). The summed E-state index contributed by atoms with van der Waals surface area (Å²) in [4.78, 5) is 13.5. The van der Waals surface area contributed by atoms with E-state index in [-0.39, 0.29) is 0 Å². The zero-order valence-electron chi connectivity index (χ0n) is 11.2. The van der Waals surface area contributed by atoms with E-state index < -0.39 is 0 Å². The van der Waals surface area contributed by atoms with Gasteiger partial charge in [0.25, 0.3) is 0 Å². The average Bonchev–Trinajstić information content (AvgIpc) is 2.72. The fourth-order valence-electron chi connectivity index (χ4n) is 2.61. The molecule has 0 amide bonds. The average molecular weight is 254 g/mol. The van der Waals surface area contributed by atoms with Crippen molar-refractivity contribution in [3.63, 3.8) is 0 Å². The zero-order chi connectivity index (χ0) is 13.1. The normalized spacial score (nSPS) is 14.6. The fourth-order valence-corrected chi connectivity index (χ4v) is 2.61. The van der Waals surface area contributed by atoms with Crippen LogP contribution in [0.15, 0.2) is 24.5 Å². The minimum absolute atomic E-state index is 0.799. The van der Waals surface area contributed by atoms with Gasteiger partial charge in [0.15, 0.2) is 5.82 Å². The number of anilines is 1. The molecule has 0 unspecified atom stereocenters. The molecule has 4 nitrogen and oxygen atoms in total. The van der Waals surface area contributed by atoms with Gasteiger partial charge < -0.3 is 5.32 Å². The summed E-state index contributed by atoms with van der Waals surface area (Å²) in [7, 11) is 1.93. The minimum atomic E-state index is 0.799. The second-order valence-electron chi connectivity index (χ2n) is 4.87. The third kappa shape index (κ3) is 2.43. The minimum Gasteiger partial charge on any atom is -0.373 e. The van der Waals surface area contributed by atoms with Crippen LogP contribution >= 0.6 is 0 Å². The summed E-state index contributed by atoms with van der Waals surface area (Å²) in [6.45, 7) is 0. The lowest BCUT2D eigenvalue weighted by Crippen LogP contribution is -2.06. The summed E-state index contributed by atoms with van der Waals surface area (Å²) in [5, 5.41) is 3.23. The van der Waals surface area contributed by atoms with Crippen LogP contribution in [0.1, 0.15) is 30.5 Å². The van der Waals surface area contributed by atoms with Gasteiger partial charge in [-0.3, -0.25) is 4.98 Å². The van der Waals surface area contributed by atoms with Gasteiger partial charge in [-0.15, -0.1) is 0 Å². The van der Waals surface area contributed by atoms with Crippen LogP contribution in [0.4, 0.5) is 5.82 Å². The van der Waals surface area contributed by atoms with Crippen molar-refractivity contribution in [2.45, 2.75) is 32.1 Å². The van der Waals surface area contributed by atoms with E-state index in [1.54, 1.807) is 12.4 Å². The quantitative estimate of drug-likeness (QED) is 0.837. The van der Waals surface area contributed by atoms with E-state index in [9.17, 15) is 0 Å². The molecule has 0 atom stereocenters. The van der Waals surface area contributed by atoms with Gasteiger partial charge in [-0.25, -0.2) is 9.97 Å². The molecule has 0 radical (unpaired) electrons. The van der Waals surface area contributed by atoms with Crippen LogP contribution in [0.5, 0.6) is 0 Å². The van der Waals surface area contributed by atoms with E-state index >= 15 is 0 Å². The molecule has 3 rings (SSSR count). The molecule has 0 saturated heterocycles. The van der Waals surface area contributed by atoms with Gasteiger partial charge in [0, 0.05) is 36.3 Å². The third-order valence-electron chi connectivity index (χ3n) is 3.61. The number of aromatic nitrogens is 3. The Morgan fingerprint density at radius 1 is 1.00 bits per heavy atom. The summed E-state index contributed by atoms with van der Waals surface area (Å²) in [6.07, 6.45) is 9.45. The van der Waals surface area contributed by atoms with Crippen molar-refractivity contribution < 1.29 is 0 Å². The molecule has 0 spiro atoms. The molecular formula is C15H18N4. The van der Waals surface area contributed by atoms with Gasteiger partial charge >= 0.3 is 0 Å². The van der Waals surface area contributed by atoms with Crippen molar-refractivity contribution in [1.82, 2.24) is 15.0 Å². The Morgan fingerprint density at radius 3 is 2.58 bits per heavy atom. The molecule has 19 heavy (non-hydrogen) atoms. The molecule has 0 fully saturated rings. The molecule has 0 saturated carbocycles. The summed E-state index contributed by atoms with van der Waals surface area (Å²) in [5.41, 5.74) is 3.54. The molecular weight excluding hydrogens is 236 g/mol. The molecule has 2 aromatic heterocycles. The lowest BCUT2D eigenvalue weighted by molar-refractivity contribution is 0.709. The maximum absolute atomic E-state index is 4.77. The number of nitrogens with zero attached hydrogens (tertiary/aromatic N) is 3. The van der Waals surface area contributed by atoms with E-state index in [1.165, 1.54) is 30.5 Å². The molecule has 4 heteroatoms. The summed E-state index contributed by atoms with van der Waals surface area (Å²) in [5.74, 6) is 1.78. The van der Waals surface area contributed by atoms with Crippen LogP contribution in [0.25, 0.3) is 11.4 Å². The summed E-state index contributed by atoms with van der Waals surface area (Å²) >= 11 is 0. The Labute approximate surface area is 113 Å². The largest absolute Gasteiger partial charge is 0.373 e. The molecule has 2 heterocycles. The van der Waals surface area contributed by atoms with Crippen molar-refractivity contribution >= 4 is 5.82 Å². The van der Waals surface area contributed by atoms with E-state index in [0.717, 1.165) is 30.0 Å². The predicted molar refractivity (Wildman–Crippen MR) is 76.1 cm³/mol. The van der Waals surface area contributed by atoms with E-state index in [4.69, 9.17) is 4.98 Å². The molecule has 98 valence electrons. The topological polar surface area (TPSA) is 50.7 Å². The lowest BCUT2D eigenvalue weighted by Gasteiger charge is -2.12. The van der Waals surface area contributed by atoms with Gasteiger partial charge in [-0.1, -0.05) is 6.42 Å². The number of hydrogen-bond acceptors (Lipinski definition) is 4. The van der Waals surface area contributed by atoms with Crippen molar-refractivity contribution in [2.75, 3.05) is 12.4 Å². The van der Waals surface area contributed by atoms with Crippen molar-refractivity contribution in [2.24, 2.45) is 0 Å². The van der Waals surface area contributed by atoms with Crippen LogP contribution in [-0.4, -0.2) is 22.0 Å². The highest BCUT2D eigenvalue weighted by Crippen LogP contribution is 2.27. The second kappa shape index (κ2) is 5.34. The molecule has 0 bridgehead atoms.